The van der Waals surface area contributed by atoms with Gasteiger partial charge in [0.15, 0.2) is 0 Å². The van der Waals surface area contributed by atoms with E-state index in [0.717, 1.165) is 16.4 Å². The molecule has 160 valence electrons. The summed E-state index contributed by atoms with van der Waals surface area (Å²) in [6, 6.07) is 11.1. The summed E-state index contributed by atoms with van der Waals surface area (Å²) in [5.41, 5.74) is 1.06. The van der Waals surface area contributed by atoms with Crippen LogP contribution in [0.4, 0.5) is 4.39 Å². The SMILES string of the molecule is CN(Cc1ccoc1)S(=O)(=O)c1cc(-c2ccnn2-c2ccccc2F)c(O)cc1O. The standard InChI is InChI=1S/C21H18FN3O5S/c1-24(12-14-7-9-30-13-14)31(28,29)21-10-15(19(26)11-20(21)27)17-6-8-23-25(17)18-5-3-2-4-16(18)22/h2-11,13,26-27H,12H2,1H3. The molecule has 2 aromatic heterocycles. The van der Waals surface area contributed by atoms with Crippen molar-refractivity contribution in [1.82, 2.24) is 14.1 Å². The summed E-state index contributed by atoms with van der Waals surface area (Å²) in [6.45, 7) is 0.0155. The summed E-state index contributed by atoms with van der Waals surface area (Å²) in [5.74, 6) is -1.54. The average molecular weight is 443 g/mol. The van der Waals surface area contributed by atoms with Gasteiger partial charge in [0, 0.05) is 30.8 Å². The highest BCUT2D eigenvalue weighted by molar-refractivity contribution is 7.89. The predicted octanol–water partition coefficient (Wildman–Crippen LogP) is 3.50. The predicted molar refractivity (Wildman–Crippen MR) is 110 cm³/mol. The van der Waals surface area contributed by atoms with Crippen molar-refractivity contribution < 1.29 is 27.4 Å². The lowest BCUT2D eigenvalue weighted by molar-refractivity contribution is 0.429. The Labute approximate surface area is 177 Å². The maximum Gasteiger partial charge on any atom is 0.246 e. The van der Waals surface area contributed by atoms with Crippen molar-refractivity contribution in [3.63, 3.8) is 0 Å². The number of aromatic nitrogens is 2. The van der Waals surface area contributed by atoms with Crippen LogP contribution in [-0.2, 0) is 16.6 Å². The zero-order valence-corrected chi connectivity index (χ0v) is 17.1. The van der Waals surface area contributed by atoms with Gasteiger partial charge in [0.25, 0.3) is 0 Å². The molecule has 2 heterocycles. The van der Waals surface area contributed by atoms with E-state index in [0.29, 0.717) is 5.56 Å². The summed E-state index contributed by atoms with van der Waals surface area (Å²) in [6.07, 6.45) is 4.24. The second kappa shape index (κ2) is 7.89. The fourth-order valence-electron chi connectivity index (χ4n) is 3.18. The first-order chi connectivity index (χ1) is 14.8. The van der Waals surface area contributed by atoms with E-state index < -0.39 is 26.5 Å². The number of benzene rings is 2. The molecule has 0 saturated carbocycles. The second-order valence-corrected chi connectivity index (χ2v) is 8.82. The molecule has 0 amide bonds. The monoisotopic (exact) mass is 443 g/mol. The number of aromatic hydroxyl groups is 2. The molecular formula is C21H18FN3O5S. The van der Waals surface area contributed by atoms with E-state index in [9.17, 15) is 23.0 Å². The highest BCUT2D eigenvalue weighted by atomic mass is 32.2. The molecule has 0 spiro atoms. The first-order valence-corrected chi connectivity index (χ1v) is 10.6. The number of halogens is 1. The summed E-state index contributed by atoms with van der Waals surface area (Å²) < 4.78 is 47.7. The zero-order chi connectivity index (χ0) is 22.2. The molecule has 31 heavy (non-hydrogen) atoms. The molecule has 0 radical (unpaired) electrons. The Balaban J connectivity index is 1.80. The first-order valence-electron chi connectivity index (χ1n) is 9.11. The lowest BCUT2D eigenvalue weighted by Crippen LogP contribution is -2.26. The van der Waals surface area contributed by atoms with E-state index in [-0.39, 0.29) is 29.2 Å². The van der Waals surface area contributed by atoms with Gasteiger partial charge in [-0.3, -0.25) is 0 Å². The number of hydrogen-bond donors (Lipinski definition) is 2. The van der Waals surface area contributed by atoms with E-state index in [1.54, 1.807) is 12.1 Å². The van der Waals surface area contributed by atoms with E-state index in [4.69, 9.17) is 4.42 Å². The van der Waals surface area contributed by atoms with Crippen molar-refractivity contribution in [2.75, 3.05) is 7.05 Å². The largest absolute Gasteiger partial charge is 0.507 e. The molecular weight excluding hydrogens is 425 g/mol. The molecule has 8 nitrogen and oxygen atoms in total. The summed E-state index contributed by atoms with van der Waals surface area (Å²) in [7, 11) is -2.78. The van der Waals surface area contributed by atoms with Gasteiger partial charge < -0.3 is 14.6 Å². The van der Waals surface area contributed by atoms with Crippen molar-refractivity contribution in [1.29, 1.82) is 0 Å². The Morgan fingerprint density at radius 3 is 2.61 bits per heavy atom. The number of furan rings is 1. The van der Waals surface area contributed by atoms with E-state index in [1.807, 2.05) is 0 Å². The minimum Gasteiger partial charge on any atom is -0.507 e. The van der Waals surface area contributed by atoms with Gasteiger partial charge in [-0.1, -0.05) is 12.1 Å². The maximum absolute atomic E-state index is 14.3. The quantitative estimate of drug-likeness (QED) is 0.472. The van der Waals surface area contributed by atoms with Crippen molar-refractivity contribution in [3.05, 3.63) is 78.6 Å². The number of hydrogen-bond acceptors (Lipinski definition) is 6. The van der Waals surface area contributed by atoms with Gasteiger partial charge in [0.1, 0.15) is 27.9 Å². The van der Waals surface area contributed by atoms with Gasteiger partial charge in [0.2, 0.25) is 10.0 Å². The topological polar surface area (TPSA) is 109 Å². The van der Waals surface area contributed by atoms with Crippen molar-refractivity contribution in [2.45, 2.75) is 11.4 Å². The van der Waals surface area contributed by atoms with Gasteiger partial charge in [-0.2, -0.15) is 9.40 Å². The number of phenolic OH excluding ortho intramolecular Hbond substituents is 2. The van der Waals surface area contributed by atoms with Crippen molar-refractivity contribution in [3.8, 4) is 28.4 Å². The Bertz CT molecular complexity index is 1330. The highest BCUT2D eigenvalue weighted by Gasteiger charge is 2.27. The Hall–Kier alpha value is -3.63. The third-order valence-electron chi connectivity index (χ3n) is 4.75. The number of para-hydroxylation sites is 1. The van der Waals surface area contributed by atoms with Crippen LogP contribution in [0.5, 0.6) is 11.5 Å². The Kier molecular flexibility index (Phi) is 5.25. The average Bonchev–Trinajstić information content (AvgIpc) is 3.40. The van der Waals surface area contributed by atoms with Crippen LogP contribution in [-0.4, -0.2) is 39.8 Å². The van der Waals surface area contributed by atoms with Gasteiger partial charge in [-0.25, -0.2) is 17.5 Å². The second-order valence-electron chi connectivity index (χ2n) is 6.81. The van der Waals surface area contributed by atoms with Crippen LogP contribution < -0.4 is 0 Å². The van der Waals surface area contributed by atoms with Gasteiger partial charge in [-0.05, 0) is 30.3 Å². The molecule has 0 saturated heterocycles. The van der Waals surface area contributed by atoms with E-state index >= 15 is 0 Å². The molecule has 0 aliphatic heterocycles. The molecule has 10 heteroatoms. The number of nitrogens with zero attached hydrogens (tertiary/aromatic N) is 3. The highest BCUT2D eigenvalue weighted by Crippen LogP contribution is 2.38. The Morgan fingerprint density at radius 2 is 1.90 bits per heavy atom. The first kappa shape index (κ1) is 20.6. The molecule has 4 aromatic rings. The van der Waals surface area contributed by atoms with Gasteiger partial charge in [0.05, 0.1) is 24.4 Å². The lowest BCUT2D eigenvalue weighted by atomic mass is 10.1. The van der Waals surface area contributed by atoms with Crippen LogP contribution in [0.25, 0.3) is 16.9 Å². The zero-order valence-electron chi connectivity index (χ0n) is 16.3. The third-order valence-corrected chi connectivity index (χ3v) is 6.58. The molecule has 2 N–H and O–H groups in total. The number of sulfonamides is 1. The third kappa shape index (κ3) is 3.78. The Morgan fingerprint density at radius 1 is 1.13 bits per heavy atom. The lowest BCUT2D eigenvalue weighted by Gasteiger charge is -2.18. The molecule has 0 atom stereocenters. The number of phenols is 2. The molecule has 0 bridgehead atoms. The van der Waals surface area contributed by atoms with E-state index in [2.05, 4.69) is 5.10 Å². The van der Waals surface area contributed by atoms with Gasteiger partial charge >= 0.3 is 0 Å². The molecule has 0 aliphatic carbocycles. The summed E-state index contributed by atoms with van der Waals surface area (Å²) in [5, 5.41) is 24.8. The molecule has 0 unspecified atom stereocenters. The van der Waals surface area contributed by atoms with E-state index in [1.165, 1.54) is 54.7 Å². The molecule has 2 aromatic carbocycles. The van der Waals surface area contributed by atoms with Gasteiger partial charge in [-0.15, -0.1) is 0 Å². The normalized spacial score (nSPS) is 11.8. The van der Waals surface area contributed by atoms with Crippen LogP contribution in [0.1, 0.15) is 5.56 Å². The maximum atomic E-state index is 14.3. The smallest absolute Gasteiger partial charge is 0.246 e. The fraction of sp³-hybridized carbons (Fsp3) is 0.0952. The van der Waals surface area contributed by atoms with Crippen LogP contribution in [0.2, 0.25) is 0 Å². The fourth-order valence-corrected chi connectivity index (χ4v) is 4.43. The number of rotatable bonds is 6. The molecule has 0 aliphatic rings. The van der Waals surface area contributed by atoms with Crippen molar-refractivity contribution >= 4 is 10.0 Å². The molecule has 4 rings (SSSR count). The minimum atomic E-state index is -4.13. The molecule has 0 fully saturated rings. The van der Waals surface area contributed by atoms with Crippen LogP contribution in [0.15, 0.2) is 76.6 Å². The van der Waals surface area contributed by atoms with Crippen molar-refractivity contribution in [2.24, 2.45) is 0 Å². The van der Waals surface area contributed by atoms with Crippen LogP contribution >= 0.6 is 0 Å². The van der Waals surface area contributed by atoms with Crippen LogP contribution in [0, 0.1) is 5.82 Å². The minimum absolute atomic E-state index is 0.0155. The summed E-state index contributed by atoms with van der Waals surface area (Å²) in [4.78, 5) is -0.410. The van der Waals surface area contributed by atoms with Crippen LogP contribution in [0.3, 0.4) is 0 Å². The summed E-state index contributed by atoms with van der Waals surface area (Å²) >= 11 is 0.